The minimum Gasteiger partial charge on any atom is -0.493 e. The molecule has 2 aromatic carbocycles. The predicted molar refractivity (Wildman–Crippen MR) is 92.0 cm³/mol. The summed E-state index contributed by atoms with van der Waals surface area (Å²) in [6.07, 6.45) is 0.958. The molecule has 23 heavy (non-hydrogen) atoms. The standard InChI is InChI=1S/C18H20ClNO3/c1-20-10-13-8-11-7-12(19)9-15(17(11)23-13)14-5-4-6-16(21-2)18(14)22-3/h4-7,9,13,20H,8,10H2,1-3H3. The van der Waals surface area contributed by atoms with E-state index in [0.717, 1.165) is 35.4 Å². The summed E-state index contributed by atoms with van der Waals surface area (Å²) < 4.78 is 17.1. The molecule has 0 saturated carbocycles. The van der Waals surface area contributed by atoms with Crippen LogP contribution in [0.3, 0.4) is 0 Å². The van der Waals surface area contributed by atoms with E-state index < -0.39 is 0 Å². The van der Waals surface area contributed by atoms with Crippen LogP contribution in [-0.4, -0.2) is 33.9 Å². The van der Waals surface area contributed by atoms with Crippen LogP contribution in [0.1, 0.15) is 5.56 Å². The number of rotatable bonds is 5. The van der Waals surface area contributed by atoms with Crippen LogP contribution in [-0.2, 0) is 6.42 Å². The number of methoxy groups -OCH3 is 2. The average Bonchev–Trinajstić information content (AvgIpc) is 2.95. The Hall–Kier alpha value is -1.91. The molecular formula is C18H20ClNO3. The normalized spacial score (nSPS) is 15.9. The van der Waals surface area contributed by atoms with Crippen molar-refractivity contribution in [3.63, 3.8) is 0 Å². The molecule has 4 nitrogen and oxygen atoms in total. The predicted octanol–water partition coefficient (Wildman–Crippen LogP) is 3.55. The number of ether oxygens (including phenoxy) is 3. The van der Waals surface area contributed by atoms with Gasteiger partial charge in [-0.15, -0.1) is 0 Å². The second-order valence-corrected chi connectivity index (χ2v) is 5.92. The van der Waals surface area contributed by atoms with E-state index in [9.17, 15) is 0 Å². The van der Waals surface area contributed by atoms with Gasteiger partial charge in [0.25, 0.3) is 0 Å². The van der Waals surface area contributed by atoms with E-state index in [4.69, 9.17) is 25.8 Å². The first kappa shape index (κ1) is 16.0. The fraction of sp³-hybridized carbons (Fsp3) is 0.333. The van der Waals surface area contributed by atoms with Gasteiger partial charge >= 0.3 is 0 Å². The first-order valence-corrected chi connectivity index (χ1v) is 7.90. The van der Waals surface area contributed by atoms with Crippen molar-refractivity contribution in [2.75, 3.05) is 27.8 Å². The Labute approximate surface area is 141 Å². The quantitative estimate of drug-likeness (QED) is 0.908. The van der Waals surface area contributed by atoms with Crippen LogP contribution in [0.15, 0.2) is 30.3 Å². The minimum atomic E-state index is 0.115. The topological polar surface area (TPSA) is 39.7 Å². The highest BCUT2D eigenvalue weighted by atomic mass is 35.5. The lowest BCUT2D eigenvalue weighted by molar-refractivity contribution is 0.232. The molecule has 0 saturated heterocycles. The average molecular weight is 334 g/mol. The number of likely N-dealkylation sites (N-methyl/N-ethyl adjacent to an activating group) is 1. The van der Waals surface area contributed by atoms with Gasteiger partial charge in [-0.05, 0) is 30.8 Å². The number of halogens is 1. The van der Waals surface area contributed by atoms with Crippen molar-refractivity contribution in [3.05, 3.63) is 40.9 Å². The number of fused-ring (bicyclic) bond motifs is 1. The number of para-hydroxylation sites is 1. The number of hydrogen-bond acceptors (Lipinski definition) is 4. The molecule has 0 fully saturated rings. The summed E-state index contributed by atoms with van der Waals surface area (Å²) in [6, 6.07) is 9.69. The van der Waals surface area contributed by atoms with Gasteiger partial charge in [0.2, 0.25) is 0 Å². The maximum absolute atomic E-state index is 6.33. The van der Waals surface area contributed by atoms with Gasteiger partial charge < -0.3 is 19.5 Å². The summed E-state index contributed by atoms with van der Waals surface area (Å²) in [5.41, 5.74) is 2.97. The molecule has 5 heteroatoms. The highest BCUT2D eigenvalue weighted by Gasteiger charge is 2.27. The molecule has 0 bridgehead atoms. The monoisotopic (exact) mass is 333 g/mol. The van der Waals surface area contributed by atoms with Crippen molar-refractivity contribution in [2.24, 2.45) is 0 Å². The van der Waals surface area contributed by atoms with Gasteiger partial charge in [-0.2, -0.15) is 0 Å². The first-order chi connectivity index (χ1) is 11.2. The van der Waals surface area contributed by atoms with Crippen LogP contribution in [0.2, 0.25) is 5.02 Å². The Balaban J connectivity index is 2.13. The summed E-state index contributed by atoms with van der Waals surface area (Å²) in [7, 11) is 5.19. The SMILES string of the molecule is CNCC1Cc2cc(Cl)cc(-c3cccc(OC)c3OC)c2O1. The molecular weight excluding hydrogens is 314 g/mol. The molecule has 0 amide bonds. The van der Waals surface area contributed by atoms with E-state index in [0.29, 0.717) is 16.5 Å². The summed E-state index contributed by atoms with van der Waals surface area (Å²) in [5.74, 6) is 2.24. The largest absolute Gasteiger partial charge is 0.493 e. The van der Waals surface area contributed by atoms with E-state index in [1.807, 2.05) is 37.4 Å². The fourth-order valence-electron chi connectivity index (χ4n) is 3.04. The van der Waals surface area contributed by atoms with Gasteiger partial charge in [0.05, 0.1) is 14.2 Å². The third kappa shape index (κ3) is 2.96. The van der Waals surface area contributed by atoms with Crippen molar-refractivity contribution in [1.82, 2.24) is 5.32 Å². The summed E-state index contributed by atoms with van der Waals surface area (Å²) in [4.78, 5) is 0. The van der Waals surface area contributed by atoms with Crippen molar-refractivity contribution in [1.29, 1.82) is 0 Å². The number of hydrogen-bond donors (Lipinski definition) is 1. The van der Waals surface area contributed by atoms with Gasteiger partial charge in [0.1, 0.15) is 11.9 Å². The third-order valence-electron chi connectivity index (χ3n) is 3.99. The van der Waals surface area contributed by atoms with Gasteiger partial charge in [-0.1, -0.05) is 23.7 Å². The van der Waals surface area contributed by atoms with Crippen LogP contribution < -0.4 is 19.5 Å². The van der Waals surface area contributed by atoms with Gasteiger partial charge in [-0.25, -0.2) is 0 Å². The maximum Gasteiger partial charge on any atom is 0.168 e. The highest BCUT2D eigenvalue weighted by molar-refractivity contribution is 6.31. The van der Waals surface area contributed by atoms with E-state index >= 15 is 0 Å². The van der Waals surface area contributed by atoms with Crippen molar-refractivity contribution in [3.8, 4) is 28.4 Å². The Morgan fingerprint density at radius 3 is 2.74 bits per heavy atom. The molecule has 2 aromatic rings. The van der Waals surface area contributed by atoms with E-state index in [2.05, 4.69) is 5.32 Å². The Morgan fingerprint density at radius 2 is 2.04 bits per heavy atom. The maximum atomic E-state index is 6.33. The fourth-order valence-corrected chi connectivity index (χ4v) is 3.28. The Morgan fingerprint density at radius 1 is 1.22 bits per heavy atom. The summed E-state index contributed by atoms with van der Waals surface area (Å²) >= 11 is 6.33. The second kappa shape index (κ2) is 6.69. The van der Waals surface area contributed by atoms with E-state index in [1.54, 1.807) is 14.2 Å². The van der Waals surface area contributed by atoms with E-state index in [-0.39, 0.29) is 6.10 Å². The molecule has 0 spiro atoms. The third-order valence-corrected chi connectivity index (χ3v) is 4.21. The second-order valence-electron chi connectivity index (χ2n) is 5.48. The van der Waals surface area contributed by atoms with Crippen molar-refractivity contribution in [2.45, 2.75) is 12.5 Å². The zero-order valence-electron chi connectivity index (χ0n) is 13.5. The zero-order valence-corrected chi connectivity index (χ0v) is 14.2. The zero-order chi connectivity index (χ0) is 16.4. The lowest BCUT2D eigenvalue weighted by atomic mass is 9.99. The Kier molecular flexibility index (Phi) is 4.64. The van der Waals surface area contributed by atoms with Gasteiger partial charge in [0.15, 0.2) is 11.5 Å². The molecule has 1 aliphatic heterocycles. The lowest BCUT2D eigenvalue weighted by Crippen LogP contribution is -2.27. The highest BCUT2D eigenvalue weighted by Crippen LogP contribution is 2.46. The van der Waals surface area contributed by atoms with Crippen LogP contribution in [0.4, 0.5) is 0 Å². The van der Waals surface area contributed by atoms with Gasteiger partial charge in [-0.3, -0.25) is 0 Å². The molecule has 0 aromatic heterocycles. The molecule has 0 aliphatic carbocycles. The molecule has 1 N–H and O–H groups in total. The number of benzene rings is 2. The molecule has 0 radical (unpaired) electrons. The first-order valence-electron chi connectivity index (χ1n) is 7.53. The molecule has 122 valence electrons. The van der Waals surface area contributed by atoms with Crippen LogP contribution in [0.25, 0.3) is 11.1 Å². The minimum absolute atomic E-state index is 0.115. The molecule has 3 rings (SSSR count). The molecule has 1 heterocycles. The van der Waals surface area contributed by atoms with Gasteiger partial charge in [0, 0.05) is 29.1 Å². The van der Waals surface area contributed by atoms with Crippen molar-refractivity contribution >= 4 is 11.6 Å². The van der Waals surface area contributed by atoms with Crippen LogP contribution >= 0.6 is 11.6 Å². The number of nitrogens with one attached hydrogen (secondary N) is 1. The van der Waals surface area contributed by atoms with Crippen LogP contribution in [0.5, 0.6) is 17.2 Å². The summed E-state index contributed by atoms with van der Waals surface area (Å²) in [6.45, 7) is 0.793. The Bertz CT molecular complexity index is 718. The van der Waals surface area contributed by atoms with Crippen molar-refractivity contribution < 1.29 is 14.2 Å². The van der Waals surface area contributed by atoms with Crippen LogP contribution in [0, 0.1) is 0 Å². The molecule has 1 unspecified atom stereocenters. The smallest absolute Gasteiger partial charge is 0.168 e. The van der Waals surface area contributed by atoms with E-state index in [1.165, 1.54) is 0 Å². The molecule has 1 atom stereocenters. The molecule has 1 aliphatic rings. The lowest BCUT2D eigenvalue weighted by Gasteiger charge is -2.16. The summed E-state index contributed by atoms with van der Waals surface area (Å²) in [5, 5.41) is 3.85.